The predicted octanol–water partition coefficient (Wildman–Crippen LogP) is 2.07. The Bertz CT molecular complexity index is 811. The molecule has 0 aliphatic carbocycles. The standard InChI is InChI=1S/C13H13N3O4S2/c1-20-8-16-10-6-9(7-22(17,18)19)2-3-11(10)21-13-12(16)14-4-5-15-13/h2-6H,7-8H2,1H3,(H,17,18,19). The Morgan fingerprint density at radius 1 is 1.32 bits per heavy atom. The van der Waals surface area contributed by atoms with Crippen LogP contribution in [0.4, 0.5) is 11.5 Å². The average Bonchev–Trinajstić information content (AvgIpc) is 2.46. The Hall–Kier alpha value is -1.68. The van der Waals surface area contributed by atoms with E-state index in [2.05, 4.69) is 9.97 Å². The van der Waals surface area contributed by atoms with Crippen LogP contribution in [0.15, 0.2) is 40.5 Å². The van der Waals surface area contributed by atoms with E-state index >= 15 is 0 Å². The molecule has 1 aromatic heterocycles. The van der Waals surface area contributed by atoms with Gasteiger partial charge in [-0.1, -0.05) is 17.8 Å². The summed E-state index contributed by atoms with van der Waals surface area (Å²) in [6.07, 6.45) is 3.21. The number of hydrogen-bond donors (Lipinski definition) is 1. The zero-order valence-corrected chi connectivity index (χ0v) is 13.3. The molecule has 0 amide bonds. The third-order valence-corrected chi connectivity index (χ3v) is 4.77. The van der Waals surface area contributed by atoms with Crippen LogP contribution in [0.1, 0.15) is 5.56 Å². The molecule has 1 N–H and O–H groups in total. The van der Waals surface area contributed by atoms with E-state index in [-0.39, 0.29) is 6.73 Å². The first kappa shape index (κ1) is 15.2. The normalized spacial score (nSPS) is 13.6. The van der Waals surface area contributed by atoms with Crippen LogP contribution in [0.25, 0.3) is 0 Å². The van der Waals surface area contributed by atoms with Crippen LogP contribution in [0.3, 0.4) is 0 Å². The van der Waals surface area contributed by atoms with Crippen molar-refractivity contribution in [3.05, 3.63) is 36.2 Å². The van der Waals surface area contributed by atoms with E-state index < -0.39 is 15.9 Å². The molecule has 0 bridgehead atoms. The van der Waals surface area contributed by atoms with Gasteiger partial charge in [0, 0.05) is 24.4 Å². The summed E-state index contributed by atoms with van der Waals surface area (Å²) in [5.41, 5.74) is 1.27. The first-order chi connectivity index (χ1) is 10.5. The van der Waals surface area contributed by atoms with Crippen molar-refractivity contribution < 1.29 is 17.7 Å². The highest BCUT2D eigenvalue weighted by molar-refractivity contribution is 7.99. The Balaban J connectivity index is 2.06. The van der Waals surface area contributed by atoms with Gasteiger partial charge in [0.1, 0.15) is 17.5 Å². The van der Waals surface area contributed by atoms with Crippen molar-refractivity contribution in [2.24, 2.45) is 0 Å². The Morgan fingerprint density at radius 2 is 2.09 bits per heavy atom. The van der Waals surface area contributed by atoms with E-state index in [4.69, 9.17) is 9.29 Å². The third-order valence-electron chi connectivity index (χ3n) is 3.03. The third kappa shape index (κ3) is 3.07. The number of fused-ring (bicyclic) bond motifs is 2. The number of aromatic nitrogens is 2. The second-order valence-corrected chi connectivity index (χ2v) is 7.14. The minimum Gasteiger partial charge on any atom is -0.364 e. The molecule has 0 spiro atoms. The van der Waals surface area contributed by atoms with E-state index in [9.17, 15) is 8.42 Å². The summed E-state index contributed by atoms with van der Waals surface area (Å²) in [4.78, 5) is 11.4. The van der Waals surface area contributed by atoms with E-state index in [0.717, 1.165) is 15.6 Å². The number of nitrogens with zero attached hydrogens (tertiary/aromatic N) is 3. The SMILES string of the molecule is COCN1c2cc(CS(=O)(=O)O)ccc2Sc2nccnc21. The smallest absolute Gasteiger partial charge is 0.269 e. The lowest BCUT2D eigenvalue weighted by Gasteiger charge is -2.30. The zero-order chi connectivity index (χ0) is 15.7. The van der Waals surface area contributed by atoms with Crippen molar-refractivity contribution in [1.82, 2.24) is 9.97 Å². The molecule has 0 fully saturated rings. The van der Waals surface area contributed by atoms with E-state index in [1.54, 1.807) is 37.7 Å². The van der Waals surface area contributed by atoms with Crippen molar-refractivity contribution in [2.45, 2.75) is 15.7 Å². The van der Waals surface area contributed by atoms with Crippen LogP contribution >= 0.6 is 11.8 Å². The molecule has 1 aliphatic rings. The van der Waals surface area contributed by atoms with Crippen LogP contribution < -0.4 is 4.90 Å². The maximum atomic E-state index is 11.1. The van der Waals surface area contributed by atoms with E-state index in [1.165, 1.54) is 11.8 Å². The molecule has 1 aliphatic heterocycles. The largest absolute Gasteiger partial charge is 0.364 e. The molecule has 0 radical (unpaired) electrons. The molecule has 0 unspecified atom stereocenters. The van der Waals surface area contributed by atoms with Crippen molar-refractivity contribution in [1.29, 1.82) is 0 Å². The molecule has 9 heteroatoms. The fourth-order valence-corrected chi connectivity index (χ4v) is 3.80. The fraction of sp³-hybridized carbons (Fsp3) is 0.231. The molecule has 3 rings (SSSR count). The van der Waals surface area contributed by atoms with E-state index in [1.807, 2.05) is 4.90 Å². The number of rotatable bonds is 4. The molecule has 2 heterocycles. The zero-order valence-electron chi connectivity index (χ0n) is 11.6. The summed E-state index contributed by atoms with van der Waals surface area (Å²) in [6, 6.07) is 5.19. The minimum atomic E-state index is -4.08. The number of hydrogen-bond acceptors (Lipinski definition) is 7. The summed E-state index contributed by atoms with van der Waals surface area (Å²) < 4.78 is 36.4. The van der Waals surface area contributed by atoms with Gasteiger partial charge in [0.05, 0.1) is 5.69 Å². The van der Waals surface area contributed by atoms with Gasteiger partial charge in [-0.3, -0.25) is 9.45 Å². The van der Waals surface area contributed by atoms with Crippen LogP contribution in [0, 0.1) is 0 Å². The molecule has 0 saturated carbocycles. The first-order valence-electron chi connectivity index (χ1n) is 6.31. The van der Waals surface area contributed by atoms with Gasteiger partial charge in [-0.2, -0.15) is 8.42 Å². The van der Waals surface area contributed by atoms with Gasteiger partial charge in [-0.25, -0.2) is 9.97 Å². The van der Waals surface area contributed by atoms with Crippen molar-refractivity contribution >= 4 is 33.4 Å². The maximum Gasteiger partial charge on any atom is 0.269 e. The Morgan fingerprint density at radius 3 is 2.82 bits per heavy atom. The summed E-state index contributed by atoms with van der Waals surface area (Å²) in [6.45, 7) is 0.259. The highest BCUT2D eigenvalue weighted by Gasteiger charge is 2.26. The van der Waals surface area contributed by atoms with Gasteiger partial charge < -0.3 is 4.74 Å². The van der Waals surface area contributed by atoms with Crippen molar-refractivity contribution in [2.75, 3.05) is 18.7 Å². The van der Waals surface area contributed by atoms with Gasteiger partial charge in [-0.05, 0) is 17.7 Å². The highest BCUT2D eigenvalue weighted by Crippen LogP contribution is 2.46. The summed E-state index contributed by atoms with van der Waals surface area (Å²) in [5.74, 6) is 0.227. The number of benzene rings is 1. The predicted molar refractivity (Wildman–Crippen MR) is 81.9 cm³/mol. The fourth-order valence-electron chi connectivity index (χ4n) is 2.21. The molecule has 116 valence electrons. The second kappa shape index (κ2) is 5.84. The van der Waals surface area contributed by atoms with Gasteiger partial charge in [-0.15, -0.1) is 0 Å². The molecule has 1 aromatic carbocycles. The lowest BCUT2D eigenvalue weighted by Crippen LogP contribution is -2.24. The number of methoxy groups -OCH3 is 1. The highest BCUT2D eigenvalue weighted by atomic mass is 32.2. The summed E-state index contributed by atoms with van der Waals surface area (Å²) in [7, 11) is -2.51. The van der Waals surface area contributed by atoms with Gasteiger partial charge in [0.25, 0.3) is 10.1 Å². The monoisotopic (exact) mass is 339 g/mol. The van der Waals surface area contributed by atoms with Crippen LogP contribution in [-0.4, -0.2) is 36.8 Å². The van der Waals surface area contributed by atoms with Crippen LogP contribution in [-0.2, 0) is 20.6 Å². The topological polar surface area (TPSA) is 92.6 Å². The molecular weight excluding hydrogens is 326 g/mol. The quantitative estimate of drug-likeness (QED) is 0.846. The Labute approximate surface area is 132 Å². The van der Waals surface area contributed by atoms with E-state index in [0.29, 0.717) is 11.4 Å². The molecule has 0 atom stereocenters. The summed E-state index contributed by atoms with van der Waals surface area (Å²) in [5, 5.41) is 0.759. The van der Waals surface area contributed by atoms with Crippen LogP contribution in [0.2, 0.25) is 0 Å². The number of anilines is 2. The van der Waals surface area contributed by atoms with Crippen molar-refractivity contribution in [3.63, 3.8) is 0 Å². The average molecular weight is 339 g/mol. The Kier molecular flexibility index (Phi) is 4.04. The number of ether oxygens (including phenoxy) is 1. The van der Waals surface area contributed by atoms with Gasteiger partial charge >= 0.3 is 0 Å². The van der Waals surface area contributed by atoms with Crippen molar-refractivity contribution in [3.8, 4) is 0 Å². The molecule has 0 saturated heterocycles. The molecule has 2 aromatic rings. The second-order valence-electron chi connectivity index (χ2n) is 4.66. The molecule has 7 nitrogen and oxygen atoms in total. The maximum absolute atomic E-state index is 11.1. The summed E-state index contributed by atoms with van der Waals surface area (Å²) >= 11 is 1.46. The lowest BCUT2D eigenvalue weighted by molar-refractivity contribution is 0.204. The molecular formula is C13H13N3O4S2. The van der Waals surface area contributed by atoms with Gasteiger partial charge in [0.15, 0.2) is 5.82 Å². The first-order valence-corrected chi connectivity index (χ1v) is 8.74. The van der Waals surface area contributed by atoms with Crippen LogP contribution in [0.5, 0.6) is 0 Å². The van der Waals surface area contributed by atoms with Gasteiger partial charge in [0.2, 0.25) is 0 Å². The molecule has 22 heavy (non-hydrogen) atoms. The minimum absolute atomic E-state index is 0.259. The lowest BCUT2D eigenvalue weighted by atomic mass is 10.2.